The normalized spacial score (nSPS) is 11.6. The highest BCUT2D eigenvalue weighted by atomic mass is 32.2. The van der Waals surface area contributed by atoms with Crippen LogP contribution in [0.15, 0.2) is 58.5 Å². The summed E-state index contributed by atoms with van der Waals surface area (Å²) in [6.45, 7) is 3.78. The van der Waals surface area contributed by atoms with Gasteiger partial charge in [-0.2, -0.15) is 13.2 Å². The van der Waals surface area contributed by atoms with Crippen LogP contribution >= 0.6 is 11.8 Å². The molecule has 0 fully saturated rings. The first-order valence-corrected chi connectivity index (χ1v) is 9.03. The summed E-state index contributed by atoms with van der Waals surface area (Å²) < 4.78 is 44.2. The Morgan fingerprint density at radius 3 is 2.67 bits per heavy atom. The van der Waals surface area contributed by atoms with Crippen LogP contribution in [0.25, 0.3) is 10.9 Å². The number of hydrogen-bond acceptors (Lipinski definition) is 4. The van der Waals surface area contributed by atoms with E-state index in [2.05, 4.69) is 4.98 Å². The smallest absolute Gasteiger partial charge is 0.416 e. The lowest BCUT2D eigenvalue weighted by Gasteiger charge is -2.13. The molecule has 140 valence electrons. The molecular weight excluding hydrogens is 375 g/mol. The maximum Gasteiger partial charge on any atom is 0.416 e. The molecule has 0 amide bonds. The second-order valence-electron chi connectivity index (χ2n) is 5.87. The maximum atomic E-state index is 13.0. The molecule has 0 saturated carbocycles. The Kier molecular flexibility index (Phi) is 5.41. The van der Waals surface area contributed by atoms with Crippen LogP contribution in [-0.2, 0) is 10.9 Å². The van der Waals surface area contributed by atoms with Crippen molar-refractivity contribution in [3.63, 3.8) is 0 Å². The van der Waals surface area contributed by atoms with Gasteiger partial charge >= 0.3 is 12.1 Å². The Hall–Kier alpha value is -2.54. The fraction of sp³-hybridized carbons (Fsp3) is 0.200. The van der Waals surface area contributed by atoms with E-state index in [1.807, 2.05) is 25.1 Å². The molecule has 3 rings (SSSR count). The largest absolute Gasteiger partial charge is 0.462 e. The van der Waals surface area contributed by atoms with Gasteiger partial charge in [-0.3, -0.25) is 4.98 Å². The molecule has 0 aliphatic heterocycles. The first kappa shape index (κ1) is 19.2. The van der Waals surface area contributed by atoms with Gasteiger partial charge in [0.05, 0.1) is 23.3 Å². The summed E-state index contributed by atoms with van der Waals surface area (Å²) in [5, 5.41) is 0.697. The van der Waals surface area contributed by atoms with Crippen LogP contribution in [0.4, 0.5) is 13.2 Å². The molecular formula is C20H16F3NO2S. The molecule has 0 aliphatic carbocycles. The first-order valence-electron chi connectivity index (χ1n) is 8.21. The number of rotatable bonds is 4. The van der Waals surface area contributed by atoms with Gasteiger partial charge in [0.15, 0.2) is 0 Å². The molecule has 27 heavy (non-hydrogen) atoms. The number of pyridine rings is 1. The molecule has 0 saturated heterocycles. The molecule has 3 nitrogen and oxygen atoms in total. The minimum Gasteiger partial charge on any atom is -0.462 e. The fourth-order valence-electron chi connectivity index (χ4n) is 2.60. The Morgan fingerprint density at radius 2 is 1.96 bits per heavy atom. The molecule has 0 N–H and O–H groups in total. The number of alkyl halides is 3. The van der Waals surface area contributed by atoms with E-state index in [1.54, 1.807) is 13.0 Å². The molecule has 0 bridgehead atoms. The number of esters is 1. The minimum atomic E-state index is -4.43. The van der Waals surface area contributed by atoms with Crippen LogP contribution in [0.5, 0.6) is 0 Å². The monoisotopic (exact) mass is 391 g/mol. The van der Waals surface area contributed by atoms with Gasteiger partial charge in [0, 0.05) is 21.4 Å². The van der Waals surface area contributed by atoms with Gasteiger partial charge < -0.3 is 4.74 Å². The number of benzene rings is 2. The molecule has 0 aliphatic rings. The van der Waals surface area contributed by atoms with E-state index in [9.17, 15) is 18.0 Å². The maximum absolute atomic E-state index is 13.0. The lowest BCUT2D eigenvalue weighted by Crippen LogP contribution is -2.07. The van der Waals surface area contributed by atoms with Crippen molar-refractivity contribution < 1.29 is 22.7 Å². The number of ether oxygens (including phenoxy) is 1. The lowest BCUT2D eigenvalue weighted by molar-refractivity contribution is -0.137. The summed E-state index contributed by atoms with van der Waals surface area (Å²) in [5.74, 6) is -0.553. The first-order chi connectivity index (χ1) is 12.8. The van der Waals surface area contributed by atoms with Crippen LogP contribution < -0.4 is 0 Å². The number of aromatic nitrogens is 1. The van der Waals surface area contributed by atoms with E-state index in [-0.39, 0.29) is 12.2 Å². The van der Waals surface area contributed by atoms with Crippen molar-refractivity contribution in [3.8, 4) is 0 Å². The zero-order valence-corrected chi connectivity index (χ0v) is 15.4. The predicted octanol–water partition coefficient (Wildman–Crippen LogP) is 5.89. The summed E-state index contributed by atoms with van der Waals surface area (Å²) in [7, 11) is 0. The van der Waals surface area contributed by atoms with Crippen molar-refractivity contribution in [1.82, 2.24) is 4.98 Å². The fourth-order valence-corrected chi connectivity index (χ4v) is 3.69. The molecule has 2 aromatic carbocycles. The zero-order chi connectivity index (χ0) is 19.6. The van der Waals surface area contributed by atoms with E-state index >= 15 is 0 Å². The van der Waals surface area contributed by atoms with E-state index in [0.29, 0.717) is 20.7 Å². The molecule has 0 radical (unpaired) electrons. The van der Waals surface area contributed by atoms with Crippen LogP contribution in [0.3, 0.4) is 0 Å². The van der Waals surface area contributed by atoms with Crippen molar-refractivity contribution >= 4 is 28.6 Å². The van der Waals surface area contributed by atoms with Gasteiger partial charge in [-0.05, 0) is 44.2 Å². The average molecular weight is 391 g/mol. The van der Waals surface area contributed by atoms with Crippen LogP contribution in [-0.4, -0.2) is 17.6 Å². The SMILES string of the molecule is CCOC(=O)c1cnc2ccc(C)cc2c1Sc1cccc(C(F)(F)F)c1. The molecule has 3 aromatic rings. The molecule has 0 spiro atoms. The average Bonchev–Trinajstić information content (AvgIpc) is 2.62. The highest BCUT2D eigenvalue weighted by molar-refractivity contribution is 7.99. The van der Waals surface area contributed by atoms with Crippen molar-refractivity contribution in [3.05, 3.63) is 65.4 Å². The number of fused-ring (bicyclic) bond motifs is 1. The molecule has 7 heteroatoms. The Balaban J connectivity index is 2.15. The number of nitrogens with zero attached hydrogens (tertiary/aromatic N) is 1. The summed E-state index contributed by atoms with van der Waals surface area (Å²) in [6.07, 6.45) is -3.02. The van der Waals surface area contributed by atoms with Crippen molar-refractivity contribution in [1.29, 1.82) is 0 Å². The summed E-state index contributed by atoms with van der Waals surface area (Å²) in [5.41, 5.74) is 1.11. The third-order valence-corrected chi connectivity index (χ3v) is 4.98. The van der Waals surface area contributed by atoms with Gasteiger partial charge in [0.1, 0.15) is 0 Å². The standard InChI is InChI=1S/C20H16F3NO2S/c1-3-26-19(25)16-11-24-17-8-7-12(2)9-15(17)18(16)27-14-6-4-5-13(10-14)20(21,22)23/h4-11H,3H2,1-2H3. The molecule has 1 aromatic heterocycles. The van der Waals surface area contributed by atoms with E-state index in [0.717, 1.165) is 29.5 Å². The van der Waals surface area contributed by atoms with E-state index in [1.165, 1.54) is 12.3 Å². The zero-order valence-electron chi connectivity index (χ0n) is 14.6. The number of halogens is 3. The van der Waals surface area contributed by atoms with Gasteiger partial charge in [-0.1, -0.05) is 29.5 Å². The summed E-state index contributed by atoms with van der Waals surface area (Å²) >= 11 is 1.10. The number of aryl methyl sites for hydroxylation is 1. The molecule has 1 heterocycles. The third-order valence-electron chi connectivity index (χ3n) is 3.85. The highest BCUT2D eigenvalue weighted by Crippen LogP contribution is 2.38. The number of carbonyl (C=O) groups is 1. The molecule has 0 atom stereocenters. The Morgan fingerprint density at radius 1 is 1.19 bits per heavy atom. The summed E-state index contributed by atoms with van der Waals surface area (Å²) in [6, 6.07) is 10.6. The van der Waals surface area contributed by atoms with Crippen LogP contribution in [0, 0.1) is 6.92 Å². The summed E-state index contributed by atoms with van der Waals surface area (Å²) in [4.78, 5) is 17.6. The van der Waals surface area contributed by atoms with Crippen molar-refractivity contribution in [2.24, 2.45) is 0 Å². The topological polar surface area (TPSA) is 39.2 Å². The van der Waals surface area contributed by atoms with Gasteiger partial charge in [0.25, 0.3) is 0 Å². The van der Waals surface area contributed by atoms with Gasteiger partial charge in [0.2, 0.25) is 0 Å². The third kappa shape index (κ3) is 4.24. The lowest BCUT2D eigenvalue weighted by atomic mass is 10.1. The van der Waals surface area contributed by atoms with E-state index < -0.39 is 17.7 Å². The second-order valence-corrected chi connectivity index (χ2v) is 6.95. The highest BCUT2D eigenvalue weighted by Gasteiger charge is 2.30. The van der Waals surface area contributed by atoms with Gasteiger partial charge in [-0.25, -0.2) is 4.79 Å². The minimum absolute atomic E-state index is 0.193. The second kappa shape index (κ2) is 7.60. The van der Waals surface area contributed by atoms with Crippen molar-refractivity contribution in [2.45, 2.75) is 29.8 Å². The number of hydrogen-bond donors (Lipinski definition) is 0. The van der Waals surface area contributed by atoms with Crippen molar-refractivity contribution in [2.75, 3.05) is 6.61 Å². The Labute approximate surface area is 158 Å². The quantitative estimate of drug-likeness (QED) is 0.520. The van der Waals surface area contributed by atoms with E-state index in [4.69, 9.17) is 4.74 Å². The van der Waals surface area contributed by atoms with Crippen LogP contribution in [0.1, 0.15) is 28.4 Å². The number of carbonyl (C=O) groups excluding carboxylic acids is 1. The Bertz CT molecular complexity index is 1000. The van der Waals surface area contributed by atoms with Gasteiger partial charge in [-0.15, -0.1) is 0 Å². The predicted molar refractivity (Wildman–Crippen MR) is 98.0 cm³/mol. The molecule has 0 unspecified atom stereocenters. The van der Waals surface area contributed by atoms with Crippen LogP contribution in [0.2, 0.25) is 0 Å².